The molecule has 0 spiro atoms. The number of nitrogens with one attached hydrogen (secondary N) is 1. The Labute approximate surface area is 115 Å². The number of hydrogen-bond donors (Lipinski definition) is 1. The van der Waals surface area contributed by atoms with Crippen LogP contribution in [0, 0.1) is 11.3 Å². The van der Waals surface area contributed by atoms with Crippen LogP contribution in [0.1, 0.15) is 30.0 Å². The Bertz CT molecular complexity index is 455. The van der Waals surface area contributed by atoms with Crippen molar-refractivity contribution in [1.82, 2.24) is 10.2 Å². The molecule has 1 saturated heterocycles. The molecule has 1 atom stereocenters. The Hall–Kier alpha value is -1.63. The van der Waals surface area contributed by atoms with E-state index in [1.54, 1.807) is 0 Å². The van der Waals surface area contributed by atoms with E-state index in [1.807, 2.05) is 24.3 Å². The van der Waals surface area contributed by atoms with Gasteiger partial charge < -0.3 is 5.32 Å². The highest BCUT2D eigenvalue weighted by molar-refractivity contribution is 5.34. The lowest BCUT2D eigenvalue weighted by molar-refractivity contribution is 0.166. The first-order valence-corrected chi connectivity index (χ1v) is 6.91. The quantitative estimate of drug-likeness (QED) is 0.822. The molecule has 0 amide bonds. The summed E-state index contributed by atoms with van der Waals surface area (Å²) in [6.07, 6.45) is 4.05. The van der Waals surface area contributed by atoms with Gasteiger partial charge in [-0.25, -0.2) is 0 Å². The summed E-state index contributed by atoms with van der Waals surface area (Å²) in [7, 11) is 0. The third-order valence-electron chi connectivity index (χ3n) is 3.64. The fourth-order valence-corrected chi connectivity index (χ4v) is 2.65. The second-order valence-corrected chi connectivity index (χ2v) is 4.91. The first-order valence-electron chi connectivity index (χ1n) is 6.91. The molecule has 0 aromatic heterocycles. The number of nitriles is 1. The summed E-state index contributed by atoms with van der Waals surface area (Å²) in [4.78, 5) is 2.51. The highest BCUT2D eigenvalue weighted by Gasteiger charge is 2.21. The third-order valence-corrected chi connectivity index (χ3v) is 3.64. The van der Waals surface area contributed by atoms with Crippen molar-refractivity contribution in [3.05, 3.63) is 48.0 Å². The van der Waals surface area contributed by atoms with Gasteiger partial charge in [0.2, 0.25) is 0 Å². The Morgan fingerprint density at radius 1 is 1.42 bits per heavy atom. The van der Waals surface area contributed by atoms with Gasteiger partial charge >= 0.3 is 0 Å². The van der Waals surface area contributed by atoms with Gasteiger partial charge in [0.05, 0.1) is 11.6 Å². The highest BCUT2D eigenvalue weighted by atomic mass is 15.2. The van der Waals surface area contributed by atoms with Gasteiger partial charge in [-0.05, 0) is 30.5 Å². The molecule has 0 bridgehead atoms. The zero-order valence-corrected chi connectivity index (χ0v) is 11.3. The number of nitrogens with zero attached hydrogens (tertiary/aromatic N) is 2. The van der Waals surface area contributed by atoms with Crippen molar-refractivity contribution in [2.45, 2.75) is 18.9 Å². The van der Waals surface area contributed by atoms with Crippen LogP contribution in [0.25, 0.3) is 0 Å². The van der Waals surface area contributed by atoms with E-state index in [0.717, 1.165) is 44.6 Å². The minimum absolute atomic E-state index is 0.397. The predicted octanol–water partition coefficient (Wildman–Crippen LogP) is 2.47. The molecule has 1 fully saturated rings. The van der Waals surface area contributed by atoms with Gasteiger partial charge in [-0.3, -0.25) is 4.90 Å². The molecule has 1 aliphatic rings. The van der Waals surface area contributed by atoms with E-state index in [9.17, 15) is 0 Å². The number of rotatable bonds is 5. The van der Waals surface area contributed by atoms with Crippen LogP contribution in [-0.4, -0.2) is 31.1 Å². The lowest BCUT2D eigenvalue weighted by Crippen LogP contribution is -2.45. The van der Waals surface area contributed by atoms with Crippen LogP contribution in [0.3, 0.4) is 0 Å². The summed E-state index contributed by atoms with van der Waals surface area (Å²) in [5.41, 5.74) is 2.00. The molecular weight excluding hydrogens is 234 g/mol. The van der Waals surface area contributed by atoms with Crippen LogP contribution in [-0.2, 0) is 0 Å². The Morgan fingerprint density at radius 2 is 2.21 bits per heavy atom. The number of piperazine rings is 1. The maximum atomic E-state index is 9.04. The zero-order valence-electron chi connectivity index (χ0n) is 11.3. The van der Waals surface area contributed by atoms with Gasteiger partial charge in [0, 0.05) is 32.2 Å². The number of hydrogen-bond acceptors (Lipinski definition) is 3. The van der Waals surface area contributed by atoms with Gasteiger partial charge in [0.25, 0.3) is 0 Å². The normalized spacial score (nSPS) is 17.6. The van der Waals surface area contributed by atoms with Crippen molar-refractivity contribution >= 4 is 0 Å². The standard InChI is InChI=1S/C16H21N3/c1-2-3-7-16(19-10-8-18-9-11-19)15-6-4-5-14(12-15)13-17/h2,4-6,12,16,18H,1,3,7-11H2/t16-/m1/s1. The van der Waals surface area contributed by atoms with E-state index in [1.165, 1.54) is 5.56 Å². The van der Waals surface area contributed by atoms with Crippen LogP contribution >= 0.6 is 0 Å². The number of allylic oxidation sites excluding steroid dienone is 1. The molecule has 1 heterocycles. The minimum atomic E-state index is 0.397. The first-order chi connectivity index (χ1) is 9.35. The van der Waals surface area contributed by atoms with Gasteiger partial charge in [-0.15, -0.1) is 6.58 Å². The molecule has 2 rings (SSSR count). The molecule has 1 aromatic rings. The van der Waals surface area contributed by atoms with Crippen molar-refractivity contribution in [2.75, 3.05) is 26.2 Å². The van der Waals surface area contributed by atoms with E-state index in [4.69, 9.17) is 5.26 Å². The lowest BCUT2D eigenvalue weighted by atomic mass is 9.98. The summed E-state index contributed by atoms with van der Waals surface area (Å²) in [5, 5.41) is 12.4. The van der Waals surface area contributed by atoms with Crippen molar-refractivity contribution in [3.8, 4) is 6.07 Å². The molecule has 1 N–H and O–H groups in total. The van der Waals surface area contributed by atoms with E-state index >= 15 is 0 Å². The van der Waals surface area contributed by atoms with Crippen molar-refractivity contribution in [3.63, 3.8) is 0 Å². The average molecular weight is 255 g/mol. The SMILES string of the molecule is C=CCC[C@H](c1cccc(C#N)c1)N1CCNCC1. The molecule has 1 aromatic carbocycles. The van der Waals surface area contributed by atoms with Crippen molar-refractivity contribution < 1.29 is 0 Å². The predicted molar refractivity (Wildman–Crippen MR) is 77.8 cm³/mol. The first kappa shape index (κ1) is 13.8. The van der Waals surface area contributed by atoms with E-state index in [2.05, 4.69) is 28.9 Å². The summed E-state index contributed by atoms with van der Waals surface area (Å²) < 4.78 is 0. The van der Waals surface area contributed by atoms with Gasteiger partial charge in [0.15, 0.2) is 0 Å². The number of benzene rings is 1. The van der Waals surface area contributed by atoms with Gasteiger partial charge in [0.1, 0.15) is 0 Å². The summed E-state index contributed by atoms with van der Waals surface area (Å²) >= 11 is 0. The fourth-order valence-electron chi connectivity index (χ4n) is 2.65. The smallest absolute Gasteiger partial charge is 0.0991 e. The second-order valence-electron chi connectivity index (χ2n) is 4.91. The average Bonchev–Trinajstić information content (AvgIpc) is 2.49. The van der Waals surface area contributed by atoms with Crippen LogP contribution in [0.15, 0.2) is 36.9 Å². The molecule has 100 valence electrons. The van der Waals surface area contributed by atoms with Crippen LogP contribution in [0.5, 0.6) is 0 Å². The Kier molecular flexibility index (Phi) is 5.14. The topological polar surface area (TPSA) is 39.1 Å². The molecule has 3 heteroatoms. The highest BCUT2D eigenvalue weighted by Crippen LogP contribution is 2.26. The molecule has 19 heavy (non-hydrogen) atoms. The van der Waals surface area contributed by atoms with E-state index in [-0.39, 0.29) is 0 Å². The summed E-state index contributed by atoms with van der Waals surface area (Å²) in [6, 6.07) is 10.6. The van der Waals surface area contributed by atoms with Gasteiger partial charge in [-0.2, -0.15) is 5.26 Å². The van der Waals surface area contributed by atoms with Gasteiger partial charge in [-0.1, -0.05) is 18.2 Å². The molecule has 3 nitrogen and oxygen atoms in total. The fraction of sp³-hybridized carbons (Fsp3) is 0.438. The van der Waals surface area contributed by atoms with Crippen LogP contribution < -0.4 is 5.32 Å². The lowest BCUT2D eigenvalue weighted by Gasteiger charge is -2.35. The van der Waals surface area contributed by atoms with Crippen molar-refractivity contribution in [1.29, 1.82) is 5.26 Å². The second kappa shape index (κ2) is 7.08. The molecule has 0 saturated carbocycles. The largest absolute Gasteiger partial charge is 0.314 e. The van der Waals surface area contributed by atoms with Crippen molar-refractivity contribution in [2.24, 2.45) is 0 Å². The molecular formula is C16H21N3. The molecule has 0 radical (unpaired) electrons. The minimum Gasteiger partial charge on any atom is -0.314 e. The van der Waals surface area contributed by atoms with E-state index < -0.39 is 0 Å². The summed E-state index contributed by atoms with van der Waals surface area (Å²) in [5.74, 6) is 0. The van der Waals surface area contributed by atoms with Crippen LogP contribution in [0.2, 0.25) is 0 Å². The maximum absolute atomic E-state index is 9.04. The third kappa shape index (κ3) is 3.66. The molecule has 1 aliphatic heterocycles. The van der Waals surface area contributed by atoms with E-state index in [0.29, 0.717) is 6.04 Å². The Morgan fingerprint density at radius 3 is 2.89 bits per heavy atom. The Balaban J connectivity index is 2.19. The molecule has 0 unspecified atom stereocenters. The maximum Gasteiger partial charge on any atom is 0.0991 e. The van der Waals surface area contributed by atoms with Crippen LogP contribution in [0.4, 0.5) is 0 Å². The molecule has 0 aliphatic carbocycles. The summed E-state index contributed by atoms with van der Waals surface area (Å²) in [6.45, 7) is 8.05. The zero-order chi connectivity index (χ0) is 13.5. The monoisotopic (exact) mass is 255 g/mol.